The van der Waals surface area contributed by atoms with Crippen molar-refractivity contribution >= 4 is 18.3 Å². The van der Waals surface area contributed by atoms with E-state index in [1.165, 1.54) is 14.0 Å². The monoisotopic (exact) mass is 364 g/mol. The molecule has 0 aliphatic rings. The highest BCUT2D eigenvalue weighted by Crippen LogP contribution is 2.36. The predicted molar refractivity (Wildman–Crippen MR) is 74.3 cm³/mol. The lowest BCUT2D eigenvalue weighted by Crippen LogP contribution is -2.39. The van der Waals surface area contributed by atoms with Crippen molar-refractivity contribution < 1.29 is 31.1 Å². The van der Waals surface area contributed by atoms with Crippen LogP contribution in [0.5, 0.6) is 0 Å². The quantitative estimate of drug-likeness (QED) is 0.834. The summed E-state index contributed by atoms with van der Waals surface area (Å²) in [4.78, 5) is 13.0. The van der Waals surface area contributed by atoms with Crippen molar-refractivity contribution in [2.45, 2.75) is 25.3 Å². The zero-order valence-corrected chi connectivity index (χ0v) is 12.9. The van der Waals surface area contributed by atoms with Crippen molar-refractivity contribution in [3.8, 4) is 0 Å². The first kappa shape index (κ1) is 21.5. The number of benzene rings is 1. The molecule has 0 aliphatic heterocycles. The van der Waals surface area contributed by atoms with E-state index in [-0.39, 0.29) is 25.0 Å². The Hall–Kier alpha value is -1.48. The maximum atomic E-state index is 12.7. The fourth-order valence-electron chi connectivity index (χ4n) is 1.64. The molecule has 0 radical (unpaired) electrons. The molecule has 1 aromatic rings. The Morgan fingerprint density at radius 2 is 1.48 bits per heavy atom. The second kappa shape index (κ2) is 7.39. The van der Waals surface area contributed by atoms with E-state index in [0.717, 1.165) is 4.90 Å². The van der Waals surface area contributed by atoms with Crippen LogP contribution in [0.4, 0.5) is 26.3 Å². The van der Waals surface area contributed by atoms with Crippen LogP contribution in [-0.4, -0.2) is 30.4 Å². The summed E-state index contributed by atoms with van der Waals surface area (Å²) in [7, 11) is 1.26. The van der Waals surface area contributed by atoms with Gasteiger partial charge in [-0.3, -0.25) is 4.79 Å². The zero-order valence-electron chi connectivity index (χ0n) is 12.1. The number of rotatable bonds is 3. The molecule has 0 fully saturated rings. The number of nitrogens with two attached hydrogens (primary N) is 1. The number of carbonyl (C=O) groups excluding carboxylic acids is 1. The van der Waals surface area contributed by atoms with Crippen molar-refractivity contribution in [1.82, 2.24) is 4.90 Å². The minimum Gasteiger partial charge on any atom is -0.338 e. The molecule has 23 heavy (non-hydrogen) atoms. The summed E-state index contributed by atoms with van der Waals surface area (Å²) in [5, 5.41) is 0. The largest absolute Gasteiger partial charge is 0.416 e. The summed E-state index contributed by atoms with van der Waals surface area (Å²) in [6.07, 6.45) is -9.98. The molecule has 0 heterocycles. The van der Waals surface area contributed by atoms with Crippen molar-refractivity contribution in [2.24, 2.45) is 5.73 Å². The number of nitrogens with zero attached hydrogens (tertiary/aromatic N) is 1. The van der Waals surface area contributed by atoms with Crippen LogP contribution in [0.25, 0.3) is 0 Å². The second-order valence-corrected chi connectivity index (χ2v) is 4.80. The van der Waals surface area contributed by atoms with Gasteiger partial charge in [0.1, 0.15) is 0 Å². The van der Waals surface area contributed by atoms with E-state index < -0.39 is 41.0 Å². The second-order valence-electron chi connectivity index (χ2n) is 4.80. The average Bonchev–Trinajstić information content (AvgIpc) is 2.42. The molecular weight excluding hydrogens is 350 g/mol. The van der Waals surface area contributed by atoms with Crippen LogP contribution >= 0.6 is 12.4 Å². The van der Waals surface area contributed by atoms with Gasteiger partial charge in [-0.1, -0.05) is 0 Å². The smallest absolute Gasteiger partial charge is 0.338 e. The van der Waals surface area contributed by atoms with Gasteiger partial charge in [-0.25, -0.2) is 0 Å². The molecular formula is C13H15ClF6N2O. The van der Waals surface area contributed by atoms with E-state index in [1.54, 1.807) is 0 Å². The van der Waals surface area contributed by atoms with Crippen LogP contribution in [0.1, 0.15) is 28.4 Å². The van der Waals surface area contributed by atoms with E-state index in [0.29, 0.717) is 12.1 Å². The Labute approximate surface area is 134 Å². The summed E-state index contributed by atoms with van der Waals surface area (Å²) < 4.78 is 76.3. The normalized spacial score (nSPS) is 13.3. The van der Waals surface area contributed by atoms with Gasteiger partial charge in [-0.05, 0) is 25.1 Å². The molecule has 0 bridgehead atoms. The molecule has 3 nitrogen and oxygen atoms in total. The molecule has 1 unspecified atom stereocenters. The Balaban J connectivity index is 0.00000484. The number of hydrogen-bond donors (Lipinski definition) is 1. The van der Waals surface area contributed by atoms with Crippen LogP contribution < -0.4 is 5.73 Å². The van der Waals surface area contributed by atoms with Gasteiger partial charge in [0, 0.05) is 25.2 Å². The zero-order chi connectivity index (χ0) is 17.3. The lowest BCUT2D eigenvalue weighted by Gasteiger charge is -2.24. The topological polar surface area (TPSA) is 46.3 Å². The van der Waals surface area contributed by atoms with Crippen LogP contribution in [0, 0.1) is 0 Å². The van der Waals surface area contributed by atoms with E-state index >= 15 is 0 Å². The Morgan fingerprint density at radius 1 is 1.09 bits per heavy atom. The van der Waals surface area contributed by atoms with Gasteiger partial charge in [-0.2, -0.15) is 26.3 Å². The third kappa shape index (κ3) is 5.28. The third-order valence-electron chi connectivity index (χ3n) is 3.16. The molecule has 0 saturated carbocycles. The van der Waals surface area contributed by atoms with Crippen molar-refractivity contribution in [3.05, 3.63) is 34.9 Å². The first-order valence-electron chi connectivity index (χ1n) is 6.14. The highest BCUT2D eigenvalue weighted by Gasteiger charge is 2.37. The molecule has 0 spiro atoms. The lowest BCUT2D eigenvalue weighted by atomic mass is 10.0. The number of carbonyl (C=O) groups is 1. The SMILES string of the molecule is CC(CN)N(C)C(=O)c1cc(C(F)(F)F)cc(C(F)(F)F)c1.Cl. The highest BCUT2D eigenvalue weighted by molar-refractivity contribution is 5.94. The molecule has 0 aromatic heterocycles. The fourth-order valence-corrected chi connectivity index (χ4v) is 1.64. The van der Waals surface area contributed by atoms with Crippen molar-refractivity contribution in [3.63, 3.8) is 0 Å². The van der Waals surface area contributed by atoms with E-state index in [2.05, 4.69) is 0 Å². The fraction of sp³-hybridized carbons (Fsp3) is 0.462. The van der Waals surface area contributed by atoms with Gasteiger partial charge in [0.05, 0.1) is 11.1 Å². The van der Waals surface area contributed by atoms with Gasteiger partial charge in [-0.15, -0.1) is 12.4 Å². The lowest BCUT2D eigenvalue weighted by molar-refractivity contribution is -0.143. The Kier molecular flexibility index (Phi) is 6.92. The van der Waals surface area contributed by atoms with Gasteiger partial charge in [0.25, 0.3) is 5.91 Å². The van der Waals surface area contributed by atoms with Crippen LogP contribution in [0.15, 0.2) is 18.2 Å². The molecule has 2 N–H and O–H groups in total. The summed E-state index contributed by atoms with van der Waals surface area (Å²) in [5.41, 5.74) is 1.59. The van der Waals surface area contributed by atoms with Crippen molar-refractivity contribution in [1.29, 1.82) is 0 Å². The first-order chi connectivity index (χ1) is 9.87. The molecule has 132 valence electrons. The van der Waals surface area contributed by atoms with Crippen LogP contribution in [-0.2, 0) is 12.4 Å². The number of likely N-dealkylation sites (N-methyl/N-ethyl adjacent to an activating group) is 1. The molecule has 1 rings (SSSR count). The minimum absolute atomic E-state index is 0. The first-order valence-corrected chi connectivity index (χ1v) is 6.14. The molecule has 10 heteroatoms. The molecule has 1 amide bonds. The number of amides is 1. The third-order valence-corrected chi connectivity index (χ3v) is 3.16. The number of alkyl halides is 6. The number of hydrogen-bond acceptors (Lipinski definition) is 2. The maximum absolute atomic E-state index is 12.7. The maximum Gasteiger partial charge on any atom is 0.416 e. The van der Waals surface area contributed by atoms with Gasteiger partial charge < -0.3 is 10.6 Å². The summed E-state index contributed by atoms with van der Waals surface area (Å²) in [5.74, 6) is -0.963. The van der Waals surface area contributed by atoms with E-state index in [9.17, 15) is 31.1 Å². The van der Waals surface area contributed by atoms with Gasteiger partial charge in [0.15, 0.2) is 0 Å². The molecule has 0 aliphatic carbocycles. The van der Waals surface area contributed by atoms with Crippen LogP contribution in [0.2, 0.25) is 0 Å². The van der Waals surface area contributed by atoms with E-state index in [1.807, 2.05) is 0 Å². The van der Waals surface area contributed by atoms with Gasteiger partial charge >= 0.3 is 12.4 Å². The van der Waals surface area contributed by atoms with Crippen molar-refractivity contribution in [2.75, 3.05) is 13.6 Å². The van der Waals surface area contributed by atoms with E-state index in [4.69, 9.17) is 5.73 Å². The number of halogens is 7. The molecule has 1 atom stereocenters. The summed E-state index contributed by atoms with van der Waals surface area (Å²) in [6, 6.07) is 0.244. The van der Waals surface area contributed by atoms with Gasteiger partial charge in [0.2, 0.25) is 0 Å². The summed E-state index contributed by atoms with van der Waals surface area (Å²) >= 11 is 0. The average molecular weight is 365 g/mol. The highest BCUT2D eigenvalue weighted by atomic mass is 35.5. The molecule has 1 aromatic carbocycles. The molecule has 0 saturated heterocycles. The standard InChI is InChI=1S/C13H14F6N2O.ClH/c1-7(6-20)21(2)11(22)8-3-9(12(14,15)16)5-10(4-8)13(17,18)19;/h3-5,7H,6,20H2,1-2H3;1H. The summed E-state index contributed by atoms with van der Waals surface area (Å²) in [6.45, 7) is 1.55. The van der Waals surface area contributed by atoms with Crippen LogP contribution in [0.3, 0.4) is 0 Å². The minimum atomic E-state index is -4.99. The predicted octanol–water partition coefficient (Wildman–Crippen LogP) is 3.57. The Bertz CT molecular complexity index is 526. The Morgan fingerprint density at radius 3 is 1.78 bits per heavy atom.